The molecule has 0 radical (unpaired) electrons. The van der Waals surface area contributed by atoms with E-state index in [9.17, 15) is 9.59 Å². The van der Waals surface area contributed by atoms with E-state index in [0.29, 0.717) is 45.0 Å². The number of carbonyl (C=O) groups excluding carboxylic acids is 2. The molecule has 0 aliphatic carbocycles. The number of hydrogen-bond acceptors (Lipinski definition) is 3. The number of fused-ring (bicyclic) bond motifs is 1. The van der Waals surface area contributed by atoms with Gasteiger partial charge in [0.25, 0.3) is 5.91 Å². The van der Waals surface area contributed by atoms with Crippen LogP contribution in [0.1, 0.15) is 21.6 Å². The minimum Gasteiger partial charge on any atom is -0.351 e. The number of rotatable bonds is 5. The van der Waals surface area contributed by atoms with Gasteiger partial charge in [-0.1, -0.05) is 42.5 Å². The molecule has 1 saturated heterocycles. The van der Waals surface area contributed by atoms with Crippen molar-refractivity contribution in [3.8, 4) is 0 Å². The van der Waals surface area contributed by atoms with Crippen molar-refractivity contribution in [2.45, 2.75) is 13.5 Å². The van der Waals surface area contributed by atoms with Crippen LogP contribution >= 0.6 is 0 Å². The van der Waals surface area contributed by atoms with Gasteiger partial charge in [0.05, 0.1) is 6.54 Å². The van der Waals surface area contributed by atoms with E-state index in [1.807, 2.05) is 60.4 Å². The van der Waals surface area contributed by atoms with Crippen LogP contribution in [0.15, 0.2) is 54.6 Å². The quantitative estimate of drug-likeness (QED) is 0.704. The van der Waals surface area contributed by atoms with Crippen LogP contribution in [-0.2, 0) is 11.3 Å². The summed E-state index contributed by atoms with van der Waals surface area (Å²) >= 11 is 0. The zero-order chi connectivity index (χ0) is 20.2. The van der Waals surface area contributed by atoms with Crippen LogP contribution in [0, 0.1) is 6.92 Å². The molecule has 0 spiro atoms. The Balaban J connectivity index is 1.27. The summed E-state index contributed by atoms with van der Waals surface area (Å²) in [6, 6.07) is 17.9. The van der Waals surface area contributed by atoms with Gasteiger partial charge in [-0.3, -0.25) is 14.5 Å². The second-order valence-corrected chi connectivity index (χ2v) is 7.60. The van der Waals surface area contributed by atoms with Gasteiger partial charge in [-0.25, -0.2) is 0 Å². The smallest absolute Gasteiger partial charge is 0.270 e. The highest BCUT2D eigenvalue weighted by Gasteiger charge is 2.24. The molecule has 6 nitrogen and oxygen atoms in total. The molecule has 4 rings (SSSR count). The van der Waals surface area contributed by atoms with E-state index in [4.69, 9.17) is 0 Å². The van der Waals surface area contributed by atoms with Crippen LogP contribution in [0.4, 0.5) is 0 Å². The third-order valence-electron chi connectivity index (χ3n) is 5.37. The fourth-order valence-corrected chi connectivity index (χ4v) is 3.69. The van der Waals surface area contributed by atoms with Crippen LogP contribution in [0.5, 0.6) is 0 Å². The lowest BCUT2D eigenvalue weighted by Gasteiger charge is -2.34. The van der Waals surface area contributed by atoms with E-state index in [2.05, 4.69) is 21.3 Å². The molecule has 1 aliphatic heterocycles. The lowest BCUT2D eigenvalue weighted by Crippen LogP contribution is -2.51. The van der Waals surface area contributed by atoms with Crippen molar-refractivity contribution >= 4 is 22.7 Å². The number of aromatic amines is 1. The Bertz CT molecular complexity index is 1000. The maximum atomic E-state index is 12.8. The number of nitrogens with one attached hydrogen (secondary N) is 2. The Hall–Kier alpha value is -3.12. The first kappa shape index (κ1) is 19.2. The highest BCUT2D eigenvalue weighted by atomic mass is 16.2. The molecule has 6 heteroatoms. The molecule has 3 aromatic rings. The summed E-state index contributed by atoms with van der Waals surface area (Å²) in [7, 11) is 0. The van der Waals surface area contributed by atoms with E-state index in [1.54, 1.807) is 0 Å². The van der Waals surface area contributed by atoms with Crippen LogP contribution < -0.4 is 5.32 Å². The summed E-state index contributed by atoms with van der Waals surface area (Å²) in [6.07, 6.45) is 0. The minimum atomic E-state index is 0.0135. The van der Waals surface area contributed by atoms with Gasteiger partial charge in [-0.2, -0.15) is 0 Å². The summed E-state index contributed by atoms with van der Waals surface area (Å²) in [4.78, 5) is 32.2. The third kappa shape index (κ3) is 4.66. The SMILES string of the molecule is Cc1ccc2cc(C(=O)N3CCN(CC(=O)NCc4ccccc4)CC3)[nH]c2c1. The summed E-state index contributed by atoms with van der Waals surface area (Å²) in [5, 5.41) is 4.01. The van der Waals surface area contributed by atoms with Crippen LogP contribution in [0.25, 0.3) is 10.9 Å². The molecule has 0 saturated carbocycles. The van der Waals surface area contributed by atoms with Crippen LogP contribution in [-0.4, -0.2) is 59.3 Å². The Morgan fingerprint density at radius 2 is 1.76 bits per heavy atom. The average Bonchev–Trinajstić information content (AvgIpc) is 3.16. The Morgan fingerprint density at radius 1 is 1.00 bits per heavy atom. The highest BCUT2D eigenvalue weighted by Crippen LogP contribution is 2.18. The minimum absolute atomic E-state index is 0.0135. The topological polar surface area (TPSA) is 68.4 Å². The molecular formula is C23H26N4O2. The Morgan fingerprint density at radius 3 is 2.52 bits per heavy atom. The monoisotopic (exact) mass is 390 g/mol. The zero-order valence-corrected chi connectivity index (χ0v) is 16.6. The van der Waals surface area contributed by atoms with Crippen LogP contribution in [0.3, 0.4) is 0 Å². The van der Waals surface area contributed by atoms with E-state index in [0.717, 1.165) is 22.0 Å². The van der Waals surface area contributed by atoms with Gasteiger partial charge in [-0.05, 0) is 30.2 Å². The number of amides is 2. The lowest BCUT2D eigenvalue weighted by molar-refractivity contribution is -0.122. The molecule has 1 aromatic heterocycles. The number of aryl methyl sites for hydroxylation is 1. The first-order valence-electron chi connectivity index (χ1n) is 10.00. The van der Waals surface area contributed by atoms with Gasteiger partial charge in [-0.15, -0.1) is 0 Å². The summed E-state index contributed by atoms with van der Waals surface area (Å²) in [5.74, 6) is 0.0339. The van der Waals surface area contributed by atoms with Gasteiger partial charge < -0.3 is 15.2 Å². The van der Waals surface area contributed by atoms with E-state index in [1.165, 1.54) is 0 Å². The van der Waals surface area contributed by atoms with Crippen molar-refractivity contribution in [1.29, 1.82) is 0 Å². The van der Waals surface area contributed by atoms with Crippen LogP contribution in [0.2, 0.25) is 0 Å². The molecule has 29 heavy (non-hydrogen) atoms. The second-order valence-electron chi connectivity index (χ2n) is 7.60. The second kappa shape index (κ2) is 8.49. The van der Waals surface area contributed by atoms with Crippen molar-refractivity contribution in [2.75, 3.05) is 32.7 Å². The largest absolute Gasteiger partial charge is 0.351 e. The van der Waals surface area contributed by atoms with Crippen molar-refractivity contribution < 1.29 is 9.59 Å². The maximum absolute atomic E-state index is 12.8. The molecule has 0 bridgehead atoms. The normalized spacial score (nSPS) is 14.9. The summed E-state index contributed by atoms with van der Waals surface area (Å²) in [6.45, 7) is 5.58. The molecule has 2 amide bonds. The van der Waals surface area contributed by atoms with Gasteiger partial charge in [0.2, 0.25) is 5.91 Å². The number of nitrogens with zero attached hydrogens (tertiary/aromatic N) is 2. The number of benzene rings is 2. The molecule has 1 aliphatic rings. The van der Waals surface area contributed by atoms with Gasteiger partial charge in [0.15, 0.2) is 0 Å². The Kier molecular flexibility index (Phi) is 5.62. The number of H-pyrrole nitrogens is 1. The first-order chi connectivity index (χ1) is 14.1. The summed E-state index contributed by atoms with van der Waals surface area (Å²) < 4.78 is 0. The maximum Gasteiger partial charge on any atom is 0.270 e. The third-order valence-corrected chi connectivity index (χ3v) is 5.37. The first-order valence-corrected chi connectivity index (χ1v) is 10.00. The van der Waals surface area contributed by atoms with Gasteiger partial charge in [0.1, 0.15) is 5.69 Å². The summed E-state index contributed by atoms with van der Waals surface area (Å²) in [5.41, 5.74) is 3.86. The zero-order valence-electron chi connectivity index (χ0n) is 16.6. The molecule has 0 unspecified atom stereocenters. The number of hydrogen-bond donors (Lipinski definition) is 2. The fourth-order valence-electron chi connectivity index (χ4n) is 3.69. The van der Waals surface area contributed by atoms with Crippen molar-refractivity contribution in [1.82, 2.24) is 20.1 Å². The van der Waals surface area contributed by atoms with Crippen molar-refractivity contribution in [3.05, 3.63) is 71.4 Å². The number of carbonyl (C=O) groups is 2. The van der Waals surface area contributed by atoms with Gasteiger partial charge in [0, 0.05) is 43.6 Å². The number of piperazine rings is 1. The number of aromatic nitrogens is 1. The molecule has 2 N–H and O–H groups in total. The fraction of sp³-hybridized carbons (Fsp3) is 0.304. The van der Waals surface area contributed by atoms with E-state index < -0.39 is 0 Å². The predicted molar refractivity (Wildman–Crippen MR) is 114 cm³/mol. The molecule has 1 fully saturated rings. The predicted octanol–water partition coefficient (Wildman–Crippen LogP) is 2.55. The van der Waals surface area contributed by atoms with Crippen molar-refractivity contribution in [3.63, 3.8) is 0 Å². The van der Waals surface area contributed by atoms with E-state index >= 15 is 0 Å². The highest BCUT2D eigenvalue weighted by molar-refractivity contribution is 5.98. The molecule has 2 aromatic carbocycles. The van der Waals surface area contributed by atoms with E-state index in [-0.39, 0.29) is 11.8 Å². The molecule has 150 valence electrons. The van der Waals surface area contributed by atoms with Gasteiger partial charge >= 0.3 is 0 Å². The average molecular weight is 390 g/mol. The standard InChI is InChI=1S/C23H26N4O2/c1-17-7-8-19-14-21(25-20(19)13-17)23(29)27-11-9-26(10-12-27)16-22(28)24-15-18-5-3-2-4-6-18/h2-8,13-14,25H,9-12,15-16H2,1H3,(H,24,28). The molecule has 2 heterocycles. The molecular weight excluding hydrogens is 364 g/mol. The lowest BCUT2D eigenvalue weighted by atomic mass is 10.2. The Labute approximate surface area is 170 Å². The van der Waals surface area contributed by atoms with Crippen molar-refractivity contribution in [2.24, 2.45) is 0 Å². The molecule has 0 atom stereocenters.